The Hall–Kier alpha value is -1.07. The Kier molecular flexibility index (Phi) is 7.02. The van der Waals surface area contributed by atoms with E-state index in [2.05, 4.69) is 24.5 Å². The molecule has 1 atom stereocenters. The molecule has 110 valence electrons. The molecule has 0 fully saturated rings. The maximum absolute atomic E-state index is 11.9. The van der Waals surface area contributed by atoms with E-state index in [1.165, 1.54) is 0 Å². The molecule has 1 rings (SSSR count). The lowest BCUT2D eigenvalue weighted by atomic mass is 10.1. The Balaban J connectivity index is 2.38. The Bertz CT molecular complexity index is 489. The van der Waals surface area contributed by atoms with Crippen molar-refractivity contribution in [2.75, 3.05) is 18.0 Å². The zero-order valence-corrected chi connectivity index (χ0v) is 13.7. The van der Waals surface area contributed by atoms with Gasteiger partial charge in [0.25, 0.3) is 0 Å². The van der Waals surface area contributed by atoms with Gasteiger partial charge in [0.15, 0.2) is 0 Å². The number of para-hydroxylation sites is 1. The lowest BCUT2D eigenvalue weighted by Crippen LogP contribution is -2.32. The third kappa shape index (κ3) is 5.51. The summed E-state index contributed by atoms with van der Waals surface area (Å²) in [6.45, 7) is 8.29. The molecule has 3 nitrogen and oxygen atoms in total. The number of hydrogen-bond donors (Lipinski definition) is 3. The van der Waals surface area contributed by atoms with Crippen LogP contribution < -0.4 is 11.1 Å². The minimum atomic E-state index is -0.0692. The first-order chi connectivity index (χ1) is 9.41. The number of anilines is 1. The number of benzene rings is 1. The molecule has 0 aliphatic rings. The summed E-state index contributed by atoms with van der Waals surface area (Å²) in [5.41, 5.74) is 8.72. The number of carbonyl (C=O) groups excluding carboxylic acids is 1. The standard InChI is InChI=1S/C15H22N2OS2/c1-10(2)9-20-11(3)15(18)17-8-7-12-5-4-6-13(19)14(12)16/h4-6,11,19H,1,7-9,16H2,2-3H3,(H,17,18). The molecule has 0 aromatic heterocycles. The van der Waals surface area contributed by atoms with Crippen LogP contribution in [0.2, 0.25) is 0 Å². The summed E-state index contributed by atoms with van der Waals surface area (Å²) in [5.74, 6) is 0.861. The van der Waals surface area contributed by atoms with Gasteiger partial charge in [-0.2, -0.15) is 0 Å². The van der Waals surface area contributed by atoms with E-state index in [0.717, 1.165) is 21.8 Å². The molecule has 1 aromatic rings. The van der Waals surface area contributed by atoms with Crippen LogP contribution in [-0.2, 0) is 11.2 Å². The number of nitrogens with two attached hydrogens (primary N) is 1. The van der Waals surface area contributed by atoms with Gasteiger partial charge in [-0.1, -0.05) is 24.3 Å². The van der Waals surface area contributed by atoms with E-state index in [1.807, 2.05) is 32.0 Å². The van der Waals surface area contributed by atoms with Crippen LogP contribution in [0.15, 0.2) is 35.2 Å². The summed E-state index contributed by atoms with van der Waals surface area (Å²) in [7, 11) is 0. The van der Waals surface area contributed by atoms with Gasteiger partial charge in [-0.05, 0) is 31.9 Å². The van der Waals surface area contributed by atoms with Gasteiger partial charge in [-0.3, -0.25) is 4.79 Å². The van der Waals surface area contributed by atoms with Crippen molar-refractivity contribution in [2.24, 2.45) is 0 Å². The summed E-state index contributed by atoms with van der Waals surface area (Å²) in [6.07, 6.45) is 0.712. The van der Waals surface area contributed by atoms with Crippen LogP contribution in [0.25, 0.3) is 0 Å². The van der Waals surface area contributed by atoms with E-state index in [0.29, 0.717) is 18.7 Å². The average Bonchev–Trinajstić information content (AvgIpc) is 2.40. The van der Waals surface area contributed by atoms with E-state index < -0.39 is 0 Å². The molecule has 0 radical (unpaired) electrons. The number of nitrogen functional groups attached to an aromatic ring is 1. The fourth-order valence-corrected chi connectivity index (χ4v) is 2.62. The van der Waals surface area contributed by atoms with Gasteiger partial charge in [0.05, 0.1) is 5.25 Å². The first kappa shape index (κ1) is 17.0. The molecule has 0 heterocycles. The van der Waals surface area contributed by atoms with E-state index in [1.54, 1.807) is 11.8 Å². The van der Waals surface area contributed by atoms with Gasteiger partial charge < -0.3 is 11.1 Å². The molecule has 3 N–H and O–H groups in total. The normalized spacial score (nSPS) is 11.9. The van der Waals surface area contributed by atoms with Crippen molar-refractivity contribution in [3.05, 3.63) is 35.9 Å². The number of amides is 1. The Morgan fingerprint density at radius 3 is 2.90 bits per heavy atom. The van der Waals surface area contributed by atoms with Crippen LogP contribution in [0.4, 0.5) is 5.69 Å². The van der Waals surface area contributed by atoms with Crippen molar-refractivity contribution in [3.63, 3.8) is 0 Å². The van der Waals surface area contributed by atoms with E-state index in [-0.39, 0.29) is 11.2 Å². The molecule has 0 aliphatic carbocycles. The second-order valence-electron chi connectivity index (χ2n) is 4.80. The molecule has 5 heteroatoms. The maximum atomic E-state index is 11.9. The zero-order chi connectivity index (χ0) is 15.1. The lowest BCUT2D eigenvalue weighted by molar-refractivity contribution is -0.120. The quantitative estimate of drug-likeness (QED) is 0.412. The van der Waals surface area contributed by atoms with Crippen LogP contribution in [0, 0.1) is 0 Å². The van der Waals surface area contributed by atoms with Gasteiger partial charge in [0.1, 0.15) is 0 Å². The highest BCUT2D eigenvalue weighted by Crippen LogP contribution is 2.21. The number of carbonyl (C=O) groups is 1. The molecule has 0 spiro atoms. The molecule has 1 unspecified atom stereocenters. The molecule has 0 bridgehead atoms. The van der Waals surface area contributed by atoms with Crippen LogP contribution in [0.1, 0.15) is 19.4 Å². The molecule has 0 aliphatic heterocycles. The highest BCUT2D eigenvalue weighted by Gasteiger charge is 2.12. The summed E-state index contributed by atoms with van der Waals surface area (Å²) in [5, 5.41) is 2.86. The first-order valence-corrected chi connectivity index (χ1v) is 8.01. The van der Waals surface area contributed by atoms with E-state index >= 15 is 0 Å². The van der Waals surface area contributed by atoms with Gasteiger partial charge in [0.2, 0.25) is 5.91 Å². The van der Waals surface area contributed by atoms with Gasteiger partial charge in [-0.15, -0.1) is 24.4 Å². The van der Waals surface area contributed by atoms with Crippen molar-refractivity contribution < 1.29 is 4.79 Å². The molecular weight excluding hydrogens is 288 g/mol. The summed E-state index contributed by atoms with van der Waals surface area (Å²) >= 11 is 5.88. The summed E-state index contributed by atoms with van der Waals surface area (Å²) in [4.78, 5) is 12.7. The van der Waals surface area contributed by atoms with Crippen molar-refractivity contribution in [1.29, 1.82) is 0 Å². The number of rotatable bonds is 7. The van der Waals surface area contributed by atoms with Crippen molar-refractivity contribution in [2.45, 2.75) is 30.4 Å². The van der Waals surface area contributed by atoms with Crippen LogP contribution in [0.3, 0.4) is 0 Å². The number of thioether (sulfide) groups is 1. The second kappa shape index (κ2) is 8.27. The Morgan fingerprint density at radius 2 is 2.25 bits per heavy atom. The maximum Gasteiger partial charge on any atom is 0.232 e. The summed E-state index contributed by atoms with van der Waals surface area (Å²) in [6, 6.07) is 5.73. The SMILES string of the molecule is C=C(C)CSC(C)C(=O)NCCc1cccc(S)c1N. The van der Waals surface area contributed by atoms with Gasteiger partial charge >= 0.3 is 0 Å². The zero-order valence-electron chi connectivity index (χ0n) is 12.0. The molecular formula is C15H22N2OS2. The van der Waals surface area contributed by atoms with E-state index in [4.69, 9.17) is 5.73 Å². The number of nitrogens with one attached hydrogen (secondary N) is 1. The highest BCUT2D eigenvalue weighted by atomic mass is 32.2. The lowest BCUT2D eigenvalue weighted by Gasteiger charge is -2.13. The third-order valence-corrected chi connectivity index (χ3v) is 4.58. The minimum Gasteiger partial charge on any atom is -0.398 e. The molecule has 1 amide bonds. The molecule has 1 aromatic carbocycles. The number of thiol groups is 1. The molecule has 0 saturated heterocycles. The van der Waals surface area contributed by atoms with Crippen LogP contribution in [-0.4, -0.2) is 23.5 Å². The van der Waals surface area contributed by atoms with Crippen LogP contribution in [0.5, 0.6) is 0 Å². The largest absolute Gasteiger partial charge is 0.398 e. The van der Waals surface area contributed by atoms with Crippen molar-refractivity contribution >= 4 is 36.0 Å². The third-order valence-electron chi connectivity index (χ3n) is 2.82. The predicted octanol–water partition coefficient (Wildman–Crippen LogP) is 2.91. The van der Waals surface area contributed by atoms with Gasteiger partial charge in [0, 0.05) is 22.9 Å². The predicted molar refractivity (Wildman–Crippen MR) is 91.6 cm³/mol. The van der Waals surface area contributed by atoms with Crippen molar-refractivity contribution in [3.8, 4) is 0 Å². The average molecular weight is 310 g/mol. The highest BCUT2D eigenvalue weighted by molar-refractivity contribution is 8.00. The smallest absolute Gasteiger partial charge is 0.232 e. The molecule has 0 saturated carbocycles. The van der Waals surface area contributed by atoms with E-state index in [9.17, 15) is 4.79 Å². The Morgan fingerprint density at radius 1 is 1.55 bits per heavy atom. The fraction of sp³-hybridized carbons (Fsp3) is 0.400. The van der Waals surface area contributed by atoms with Crippen molar-refractivity contribution in [1.82, 2.24) is 5.32 Å². The minimum absolute atomic E-state index is 0.0526. The topological polar surface area (TPSA) is 55.1 Å². The first-order valence-electron chi connectivity index (χ1n) is 6.52. The van der Waals surface area contributed by atoms with Gasteiger partial charge in [-0.25, -0.2) is 0 Å². The molecule has 20 heavy (non-hydrogen) atoms. The monoisotopic (exact) mass is 310 g/mol. The number of hydrogen-bond acceptors (Lipinski definition) is 4. The summed E-state index contributed by atoms with van der Waals surface area (Å²) < 4.78 is 0. The fourth-order valence-electron chi connectivity index (χ4n) is 1.62. The Labute approximate surface area is 130 Å². The second-order valence-corrected chi connectivity index (χ2v) is 6.61. The van der Waals surface area contributed by atoms with Crippen LogP contribution >= 0.6 is 24.4 Å².